The van der Waals surface area contributed by atoms with Gasteiger partial charge in [-0.2, -0.15) is 0 Å². The average Bonchev–Trinajstić information content (AvgIpc) is 2.46. The molecule has 1 aromatic carbocycles. The van der Waals surface area contributed by atoms with E-state index in [1.54, 1.807) is 32.3 Å². The minimum Gasteiger partial charge on any atom is -0.397 e. The van der Waals surface area contributed by atoms with Gasteiger partial charge in [-0.05, 0) is 31.0 Å². The molecule has 1 fully saturated rings. The molecule has 1 aliphatic rings. The molecule has 0 saturated heterocycles. The third kappa shape index (κ3) is 3.88. The fraction of sp³-hybridized carbons (Fsp3) is 0.562. The predicted octanol–water partition coefficient (Wildman–Crippen LogP) is 2.08. The lowest BCUT2D eigenvalue weighted by Crippen LogP contribution is -2.38. The van der Waals surface area contributed by atoms with Gasteiger partial charge in [0.2, 0.25) is 0 Å². The van der Waals surface area contributed by atoms with Crippen molar-refractivity contribution < 1.29 is 9.90 Å². The molecule has 4 N–H and O–H groups in total. The summed E-state index contributed by atoms with van der Waals surface area (Å²) in [6.07, 6.45) is 4.95. The number of aliphatic hydroxyl groups is 1. The van der Waals surface area contributed by atoms with Crippen LogP contribution < -0.4 is 11.1 Å². The molecule has 0 radical (unpaired) electrons. The van der Waals surface area contributed by atoms with Crippen molar-refractivity contribution in [3.05, 3.63) is 23.8 Å². The number of hydrogen-bond donors (Lipinski definition) is 3. The van der Waals surface area contributed by atoms with E-state index in [9.17, 15) is 9.90 Å². The number of carbonyl (C=O) groups is 1. The Morgan fingerprint density at radius 2 is 2.00 bits per heavy atom. The number of nitrogens with zero attached hydrogens (tertiary/aromatic N) is 1. The summed E-state index contributed by atoms with van der Waals surface area (Å²) in [5.74, 6) is -0.0607. The van der Waals surface area contributed by atoms with Crippen molar-refractivity contribution >= 4 is 17.3 Å². The van der Waals surface area contributed by atoms with Crippen molar-refractivity contribution in [2.75, 3.05) is 31.7 Å². The van der Waals surface area contributed by atoms with Crippen LogP contribution in [-0.2, 0) is 0 Å². The number of hydrogen-bond acceptors (Lipinski definition) is 4. The Bertz CT molecular complexity index is 508. The minimum atomic E-state index is -0.660. The van der Waals surface area contributed by atoms with Crippen molar-refractivity contribution in [3.8, 4) is 0 Å². The van der Waals surface area contributed by atoms with Gasteiger partial charge in [0, 0.05) is 26.2 Å². The van der Waals surface area contributed by atoms with Crippen LogP contribution in [0.3, 0.4) is 0 Å². The van der Waals surface area contributed by atoms with Gasteiger partial charge >= 0.3 is 0 Å². The summed E-state index contributed by atoms with van der Waals surface area (Å²) >= 11 is 0. The van der Waals surface area contributed by atoms with E-state index < -0.39 is 5.60 Å². The topological polar surface area (TPSA) is 78.6 Å². The lowest BCUT2D eigenvalue weighted by molar-refractivity contribution is 0.0167. The molecule has 0 bridgehead atoms. The SMILES string of the molecule is CN(C)C(=O)c1ccc(N)c(NCC2(O)CCCCC2)c1. The van der Waals surface area contributed by atoms with Crippen LogP contribution in [0.25, 0.3) is 0 Å². The van der Waals surface area contributed by atoms with E-state index in [1.807, 2.05) is 0 Å². The largest absolute Gasteiger partial charge is 0.397 e. The molecule has 1 amide bonds. The molecule has 5 nitrogen and oxygen atoms in total. The van der Waals surface area contributed by atoms with Gasteiger partial charge in [-0.1, -0.05) is 19.3 Å². The number of anilines is 2. The quantitative estimate of drug-likeness (QED) is 0.742. The van der Waals surface area contributed by atoms with Crippen LogP contribution in [0.5, 0.6) is 0 Å². The van der Waals surface area contributed by atoms with Gasteiger partial charge in [0.05, 0.1) is 17.0 Å². The van der Waals surface area contributed by atoms with Gasteiger partial charge < -0.3 is 21.1 Å². The van der Waals surface area contributed by atoms with E-state index in [0.717, 1.165) is 25.7 Å². The molecule has 21 heavy (non-hydrogen) atoms. The van der Waals surface area contributed by atoms with E-state index >= 15 is 0 Å². The molecule has 0 unspecified atom stereocenters. The molecule has 1 saturated carbocycles. The molecular weight excluding hydrogens is 266 g/mol. The molecule has 116 valence electrons. The van der Waals surface area contributed by atoms with Gasteiger partial charge in [-0.3, -0.25) is 4.79 Å². The fourth-order valence-electron chi connectivity index (χ4n) is 2.75. The van der Waals surface area contributed by atoms with E-state index in [4.69, 9.17) is 5.73 Å². The molecule has 5 heteroatoms. The third-order valence-electron chi connectivity index (χ3n) is 4.10. The van der Waals surface area contributed by atoms with Crippen molar-refractivity contribution in [3.63, 3.8) is 0 Å². The van der Waals surface area contributed by atoms with Crippen LogP contribution >= 0.6 is 0 Å². The van der Waals surface area contributed by atoms with Crippen molar-refractivity contribution in [1.82, 2.24) is 4.90 Å². The summed E-state index contributed by atoms with van der Waals surface area (Å²) in [5, 5.41) is 13.7. The maximum absolute atomic E-state index is 12.0. The van der Waals surface area contributed by atoms with Crippen molar-refractivity contribution in [1.29, 1.82) is 0 Å². The molecule has 0 aliphatic heterocycles. The summed E-state index contributed by atoms with van der Waals surface area (Å²) in [5.41, 5.74) is 7.18. The fourth-order valence-corrected chi connectivity index (χ4v) is 2.75. The third-order valence-corrected chi connectivity index (χ3v) is 4.10. The predicted molar refractivity (Wildman–Crippen MR) is 85.4 cm³/mol. The standard InChI is InChI=1S/C16H25N3O2/c1-19(2)15(20)12-6-7-13(17)14(10-12)18-11-16(21)8-4-3-5-9-16/h6-7,10,18,21H,3-5,8-9,11,17H2,1-2H3. The second kappa shape index (κ2) is 6.35. The number of benzene rings is 1. The van der Waals surface area contributed by atoms with Crippen molar-refractivity contribution in [2.45, 2.75) is 37.7 Å². The Morgan fingerprint density at radius 1 is 1.33 bits per heavy atom. The monoisotopic (exact) mass is 291 g/mol. The molecule has 0 aromatic heterocycles. The zero-order valence-electron chi connectivity index (χ0n) is 12.9. The molecule has 0 atom stereocenters. The van der Waals surface area contributed by atoms with Gasteiger partial charge in [0.1, 0.15) is 0 Å². The van der Waals surface area contributed by atoms with Gasteiger partial charge in [0.15, 0.2) is 0 Å². The first-order valence-corrected chi connectivity index (χ1v) is 7.49. The Labute approximate surface area is 126 Å². The summed E-state index contributed by atoms with van der Waals surface area (Å²) in [6, 6.07) is 5.20. The Morgan fingerprint density at radius 3 is 2.62 bits per heavy atom. The van der Waals surface area contributed by atoms with E-state index in [0.29, 0.717) is 23.5 Å². The number of nitrogens with two attached hydrogens (primary N) is 1. The molecule has 1 aromatic rings. The highest BCUT2D eigenvalue weighted by molar-refractivity contribution is 5.95. The zero-order valence-corrected chi connectivity index (χ0v) is 12.9. The minimum absolute atomic E-state index is 0.0607. The van der Waals surface area contributed by atoms with E-state index in [-0.39, 0.29) is 5.91 Å². The number of amides is 1. The second-order valence-electron chi connectivity index (χ2n) is 6.14. The highest BCUT2D eigenvalue weighted by Crippen LogP contribution is 2.29. The Balaban J connectivity index is 2.08. The molecule has 2 rings (SSSR count). The summed E-state index contributed by atoms with van der Waals surface area (Å²) in [4.78, 5) is 13.5. The normalized spacial score (nSPS) is 17.3. The second-order valence-corrected chi connectivity index (χ2v) is 6.14. The van der Waals surface area contributed by atoms with Gasteiger partial charge in [-0.15, -0.1) is 0 Å². The number of rotatable bonds is 4. The summed E-state index contributed by atoms with van der Waals surface area (Å²) in [6.45, 7) is 0.469. The van der Waals surface area contributed by atoms with Crippen LogP contribution in [0.1, 0.15) is 42.5 Å². The molecule has 0 spiro atoms. The first kappa shape index (κ1) is 15.6. The lowest BCUT2D eigenvalue weighted by atomic mass is 9.85. The first-order chi connectivity index (χ1) is 9.91. The number of nitrogens with one attached hydrogen (secondary N) is 1. The molecular formula is C16H25N3O2. The smallest absolute Gasteiger partial charge is 0.253 e. The summed E-state index contributed by atoms with van der Waals surface area (Å²) < 4.78 is 0. The van der Waals surface area contributed by atoms with Crippen LogP contribution in [0.4, 0.5) is 11.4 Å². The van der Waals surface area contributed by atoms with Crippen LogP contribution in [0, 0.1) is 0 Å². The maximum Gasteiger partial charge on any atom is 0.253 e. The van der Waals surface area contributed by atoms with Gasteiger partial charge in [0.25, 0.3) is 5.91 Å². The number of carbonyl (C=O) groups excluding carboxylic acids is 1. The Hall–Kier alpha value is -1.75. The first-order valence-electron chi connectivity index (χ1n) is 7.49. The number of nitrogen functional groups attached to an aromatic ring is 1. The van der Waals surface area contributed by atoms with Crippen LogP contribution in [0.2, 0.25) is 0 Å². The highest BCUT2D eigenvalue weighted by Gasteiger charge is 2.29. The molecule has 0 heterocycles. The highest BCUT2D eigenvalue weighted by atomic mass is 16.3. The average molecular weight is 291 g/mol. The van der Waals surface area contributed by atoms with Crippen LogP contribution in [0.15, 0.2) is 18.2 Å². The molecule has 1 aliphatic carbocycles. The van der Waals surface area contributed by atoms with Crippen LogP contribution in [-0.4, -0.2) is 42.2 Å². The summed E-state index contributed by atoms with van der Waals surface area (Å²) in [7, 11) is 3.44. The Kier molecular flexibility index (Phi) is 4.73. The van der Waals surface area contributed by atoms with Crippen molar-refractivity contribution in [2.24, 2.45) is 0 Å². The maximum atomic E-state index is 12.0. The van der Waals surface area contributed by atoms with E-state index in [1.165, 1.54) is 11.3 Å². The van der Waals surface area contributed by atoms with E-state index in [2.05, 4.69) is 5.32 Å². The lowest BCUT2D eigenvalue weighted by Gasteiger charge is -2.32. The van der Waals surface area contributed by atoms with Gasteiger partial charge in [-0.25, -0.2) is 0 Å². The zero-order chi connectivity index (χ0) is 15.5.